The standard InChI is InChI=1S/C6H7N3O2/c1-4(7)5-2-3-8-9-6(5)11-10/h2-3,10H,1,7H2. The molecular weight excluding hydrogens is 146 g/mol. The van der Waals surface area contributed by atoms with Crippen molar-refractivity contribution >= 4 is 5.70 Å². The highest BCUT2D eigenvalue weighted by Crippen LogP contribution is 2.16. The molecule has 0 aliphatic carbocycles. The summed E-state index contributed by atoms with van der Waals surface area (Å²) in [7, 11) is 0. The predicted molar refractivity (Wildman–Crippen MR) is 38.5 cm³/mol. The molecule has 1 rings (SSSR count). The zero-order valence-electron chi connectivity index (χ0n) is 5.69. The first-order valence-corrected chi connectivity index (χ1v) is 2.83. The number of hydrogen-bond acceptors (Lipinski definition) is 5. The average Bonchev–Trinajstić information content (AvgIpc) is 2.04. The molecule has 0 bridgehead atoms. The normalized spacial score (nSPS) is 9.18. The number of aromatic nitrogens is 2. The summed E-state index contributed by atoms with van der Waals surface area (Å²) in [6.07, 6.45) is 1.43. The lowest BCUT2D eigenvalue weighted by Crippen LogP contribution is -2.00. The monoisotopic (exact) mass is 153 g/mol. The van der Waals surface area contributed by atoms with E-state index < -0.39 is 0 Å². The van der Waals surface area contributed by atoms with Gasteiger partial charge in [0.05, 0.1) is 11.8 Å². The minimum atomic E-state index is -0.0417. The van der Waals surface area contributed by atoms with Gasteiger partial charge >= 0.3 is 0 Å². The van der Waals surface area contributed by atoms with E-state index in [4.69, 9.17) is 11.0 Å². The van der Waals surface area contributed by atoms with Crippen molar-refractivity contribution in [1.82, 2.24) is 10.2 Å². The Hall–Kier alpha value is -1.62. The topological polar surface area (TPSA) is 81.3 Å². The molecular formula is C6H7N3O2. The Labute approximate surface area is 63.1 Å². The summed E-state index contributed by atoms with van der Waals surface area (Å²) in [4.78, 5) is 3.89. The maximum Gasteiger partial charge on any atom is 0.283 e. The second-order valence-corrected chi connectivity index (χ2v) is 1.87. The zero-order valence-corrected chi connectivity index (χ0v) is 5.69. The predicted octanol–water partition coefficient (Wildman–Crippen LogP) is 0.258. The van der Waals surface area contributed by atoms with Crippen LogP contribution in [0.2, 0.25) is 0 Å². The molecule has 0 aliphatic rings. The molecule has 11 heavy (non-hydrogen) atoms. The lowest BCUT2D eigenvalue weighted by Gasteiger charge is -2.01. The summed E-state index contributed by atoms with van der Waals surface area (Å²) in [5.41, 5.74) is 6.04. The fourth-order valence-electron chi connectivity index (χ4n) is 0.631. The summed E-state index contributed by atoms with van der Waals surface area (Å²) < 4.78 is 0. The lowest BCUT2D eigenvalue weighted by molar-refractivity contribution is -0.142. The van der Waals surface area contributed by atoms with E-state index in [1.54, 1.807) is 6.07 Å². The summed E-state index contributed by atoms with van der Waals surface area (Å²) in [6.45, 7) is 3.45. The van der Waals surface area contributed by atoms with E-state index in [9.17, 15) is 0 Å². The van der Waals surface area contributed by atoms with Crippen LogP contribution < -0.4 is 10.6 Å². The zero-order chi connectivity index (χ0) is 8.27. The Balaban J connectivity index is 3.12. The molecule has 0 amide bonds. The first kappa shape index (κ1) is 7.49. The molecule has 0 radical (unpaired) electrons. The van der Waals surface area contributed by atoms with Crippen LogP contribution in [0.25, 0.3) is 5.70 Å². The number of rotatable bonds is 2. The minimum absolute atomic E-state index is 0.0417. The highest BCUT2D eigenvalue weighted by molar-refractivity contribution is 5.63. The van der Waals surface area contributed by atoms with Crippen LogP contribution in [0.4, 0.5) is 0 Å². The Kier molecular flexibility index (Phi) is 2.03. The summed E-state index contributed by atoms with van der Waals surface area (Å²) in [5.74, 6) is -0.0417. The summed E-state index contributed by atoms with van der Waals surface area (Å²) in [6, 6.07) is 1.54. The molecule has 5 nitrogen and oxygen atoms in total. The second kappa shape index (κ2) is 2.98. The van der Waals surface area contributed by atoms with Gasteiger partial charge in [-0.15, -0.1) is 5.10 Å². The molecule has 0 fully saturated rings. The molecule has 1 heterocycles. The van der Waals surface area contributed by atoms with Gasteiger partial charge in [0, 0.05) is 5.70 Å². The first-order valence-electron chi connectivity index (χ1n) is 2.83. The highest BCUT2D eigenvalue weighted by atomic mass is 17.1. The van der Waals surface area contributed by atoms with Gasteiger partial charge in [0.15, 0.2) is 0 Å². The first-order chi connectivity index (χ1) is 5.25. The molecule has 5 heteroatoms. The Morgan fingerprint density at radius 1 is 1.73 bits per heavy atom. The van der Waals surface area contributed by atoms with Crippen LogP contribution in [0, 0.1) is 0 Å². The molecule has 0 saturated heterocycles. The van der Waals surface area contributed by atoms with Gasteiger partial charge in [-0.05, 0) is 6.07 Å². The molecule has 0 atom stereocenters. The van der Waals surface area contributed by atoms with Gasteiger partial charge in [-0.3, -0.25) is 0 Å². The third-order valence-corrected chi connectivity index (χ3v) is 1.12. The number of nitrogens with two attached hydrogens (primary N) is 1. The lowest BCUT2D eigenvalue weighted by atomic mass is 10.2. The van der Waals surface area contributed by atoms with Crippen molar-refractivity contribution < 1.29 is 10.1 Å². The molecule has 1 aromatic heterocycles. The average molecular weight is 153 g/mol. The Morgan fingerprint density at radius 2 is 2.45 bits per heavy atom. The molecule has 0 spiro atoms. The third-order valence-electron chi connectivity index (χ3n) is 1.12. The number of hydrogen-bond donors (Lipinski definition) is 2. The van der Waals surface area contributed by atoms with Crippen molar-refractivity contribution in [1.29, 1.82) is 0 Å². The maximum absolute atomic E-state index is 8.27. The second-order valence-electron chi connectivity index (χ2n) is 1.87. The van der Waals surface area contributed by atoms with E-state index in [0.717, 1.165) is 0 Å². The SMILES string of the molecule is C=C(N)c1ccnnc1OO. The van der Waals surface area contributed by atoms with E-state index >= 15 is 0 Å². The largest absolute Gasteiger partial charge is 0.399 e. The minimum Gasteiger partial charge on any atom is -0.399 e. The van der Waals surface area contributed by atoms with Crippen molar-refractivity contribution in [2.45, 2.75) is 0 Å². The van der Waals surface area contributed by atoms with Crippen LogP contribution in [-0.2, 0) is 0 Å². The van der Waals surface area contributed by atoms with Gasteiger partial charge in [-0.1, -0.05) is 6.58 Å². The molecule has 58 valence electrons. The molecule has 0 aromatic carbocycles. The van der Waals surface area contributed by atoms with Gasteiger partial charge in [0.25, 0.3) is 5.88 Å². The van der Waals surface area contributed by atoms with Crippen molar-refractivity contribution in [3.05, 3.63) is 24.4 Å². The fourth-order valence-corrected chi connectivity index (χ4v) is 0.631. The third kappa shape index (κ3) is 1.44. The van der Waals surface area contributed by atoms with E-state index in [1.807, 2.05) is 0 Å². The van der Waals surface area contributed by atoms with Crippen LogP contribution in [0.1, 0.15) is 5.56 Å². The summed E-state index contributed by atoms with van der Waals surface area (Å²) in [5, 5.41) is 15.2. The van der Waals surface area contributed by atoms with Gasteiger partial charge < -0.3 is 10.6 Å². The van der Waals surface area contributed by atoms with Crippen LogP contribution in [0.15, 0.2) is 18.8 Å². The number of nitrogens with zero attached hydrogens (tertiary/aromatic N) is 2. The van der Waals surface area contributed by atoms with Crippen molar-refractivity contribution in [2.75, 3.05) is 0 Å². The fraction of sp³-hybridized carbons (Fsp3) is 0. The van der Waals surface area contributed by atoms with Gasteiger partial charge in [0.2, 0.25) is 0 Å². The quantitative estimate of drug-likeness (QED) is 0.470. The van der Waals surface area contributed by atoms with Crippen molar-refractivity contribution in [3.63, 3.8) is 0 Å². The molecule has 0 saturated carbocycles. The van der Waals surface area contributed by atoms with E-state index in [-0.39, 0.29) is 11.6 Å². The van der Waals surface area contributed by atoms with Gasteiger partial charge in [-0.2, -0.15) is 5.10 Å². The van der Waals surface area contributed by atoms with Crippen molar-refractivity contribution in [3.8, 4) is 5.88 Å². The van der Waals surface area contributed by atoms with Crippen LogP contribution in [0.3, 0.4) is 0 Å². The Bertz CT molecular complexity index is 274. The van der Waals surface area contributed by atoms with E-state index in [2.05, 4.69) is 21.7 Å². The Morgan fingerprint density at radius 3 is 2.91 bits per heavy atom. The van der Waals surface area contributed by atoms with E-state index in [0.29, 0.717) is 5.56 Å². The van der Waals surface area contributed by atoms with E-state index in [1.165, 1.54) is 6.20 Å². The smallest absolute Gasteiger partial charge is 0.283 e. The molecule has 0 unspecified atom stereocenters. The van der Waals surface area contributed by atoms with Gasteiger partial charge in [0.1, 0.15) is 0 Å². The van der Waals surface area contributed by atoms with Crippen LogP contribution in [0.5, 0.6) is 5.88 Å². The van der Waals surface area contributed by atoms with Crippen molar-refractivity contribution in [2.24, 2.45) is 5.73 Å². The van der Waals surface area contributed by atoms with Crippen LogP contribution in [-0.4, -0.2) is 15.5 Å². The summed E-state index contributed by atoms with van der Waals surface area (Å²) >= 11 is 0. The van der Waals surface area contributed by atoms with Gasteiger partial charge in [-0.25, -0.2) is 5.26 Å². The molecule has 3 N–H and O–H groups in total. The maximum atomic E-state index is 8.27. The highest BCUT2D eigenvalue weighted by Gasteiger charge is 2.05. The molecule has 0 aliphatic heterocycles. The van der Waals surface area contributed by atoms with Crippen LogP contribution >= 0.6 is 0 Å². The molecule has 1 aromatic rings.